The summed E-state index contributed by atoms with van der Waals surface area (Å²) < 4.78 is 4.95. The first kappa shape index (κ1) is 15.5. The standard InChI is InChI=1S/C13H12Cl2O4/c1-2-3-4-9(16)8-5-6-10(13(15)12(8)14)19-7-11(17)18/h2,5-6H,1,3-4,7H2,(H,17,18). The van der Waals surface area contributed by atoms with Crippen molar-refractivity contribution in [1.82, 2.24) is 0 Å². The number of carboxylic acid groups (broad SMARTS) is 1. The van der Waals surface area contributed by atoms with Crippen LogP contribution in [0.2, 0.25) is 10.0 Å². The van der Waals surface area contributed by atoms with E-state index in [4.69, 9.17) is 33.0 Å². The van der Waals surface area contributed by atoms with Gasteiger partial charge in [0.1, 0.15) is 10.8 Å². The minimum Gasteiger partial charge on any atom is -0.480 e. The van der Waals surface area contributed by atoms with Crippen molar-refractivity contribution in [1.29, 1.82) is 0 Å². The van der Waals surface area contributed by atoms with Gasteiger partial charge < -0.3 is 9.84 Å². The Bertz CT molecular complexity index is 512. The maximum absolute atomic E-state index is 11.8. The number of benzene rings is 1. The fraction of sp³-hybridized carbons (Fsp3) is 0.231. The molecule has 0 saturated carbocycles. The van der Waals surface area contributed by atoms with Crippen LogP contribution in [0.25, 0.3) is 0 Å². The van der Waals surface area contributed by atoms with Crippen molar-refractivity contribution in [2.75, 3.05) is 6.61 Å². The number of carboxylic acids is 1. The van der Waals surface area contributed by atoms with Gasteiger partial charge in [-0.25, -0.2) is 4.79 Å². The van der Waals surface area contributed by atoms with Crippen molar-refractivity contribution in [3.8, 4) is 5.75 Å². The molecular weight excluding hydrogens is 291 g/mol. The third kappa shape index (κ3) is 4.26. The molecule has 1 rings (SSSR count). The summed E-state index contributed by atoms with van der Waals surface area (Å²) in [5.74, 6) is -1.15. The summed E-state index contributed by atoms with van der Waals surface area (Å²) in [7, 11) is 0. The molecule has 0 amide bonds. The Balaban J connectivity index is 2.93. The molecule has 0 fully saturated rings. The number of rotatable bonds is 7. The highest BCUT2D eigenvalue weighted by molar-refractivity contribution is 6.44. The number of allylic oxidation sites excluding steroid dienone is 1. The molecule has 0 unspecified atom stereocenters. The Labute approximate surface area is 120 Å². The van der Waals surface area contributed by atoms with Gasteiger partial charge in [-0.05, 0) is 18.6 Å². The van der Waals surface area contributed by atoms with Crippen LogP contribution < -0.4 is 4.74 Å². The lowest BCUT2D eigenvalue weighted by Crippen LogP contribution is -2.10. The molecule has 1 N–H and O–H groups in total. The number of ether oxygens (including phenoxy) is 1. The van der Waals surface area contributed by atoms with Crippen LogP contribution in [0.5, 0.6) is 5.75 Å². The molecule has 0 heterocycles. The Morgan fingerprint density at radius 3 is 2.58 bits per heavy atom. The number of carbonyl (C=O) groups is 2. The van der Waals surface area contributed by atoms with Gasteiger partial charge in [0.15, 0.2) is 12.4 Å². The summed E-state index contributed by atoms with van der Waals surface area (Å²) in [6.45, 7) is 3.01. The van der Waals surface area contributed by atoms with E-state index in [1.807, 2.05) is 0 Å². The number of hydrogen-bond acceptors (Lipinski definition) is 3. The second-order valence-corrected chi connectivity index (χ2v) is 4.43. The lowest BCUT2D eigenvalue weighted by Gasteiger charge is -2.10. The van der Waals surface area contributed by atoms with Gasteiger partial charge in [-0.15, -0.1) is 6.58 Å². The Hall–Kier alpha value is -1.52. The molecule has 1 aromatic rings. The van der Waals surface area contributed by atoms with Crippen LogP contribution in [0.4, 0.5) is 0 Å². The fourth-order valence-corrected chi connectivity index (χ4v) is 1.85. The van der Waals surface area contributed by atoms with Crippen molar-refractivity contribution < 1.29 is 19.4 Å². The van der Waals surface area contributed by atoms with Crippen molar-refractivity contribution in [3.05, 3.63) is 40.4 Å². The van der Waals surface area contributed by atoms with Gasteiger partial charge in [-0.3, -0.25) is 4.79 Å². The summed E-state index contributed by atoms with van der Waals surface area (Å²) in [4.78, 5) is 22.2. The first-order valence-electron chi connectivity index (χ1n) is 5.44. The first-order chi connectivity index (χ1) is 8.97. The van der Waals surface area contributed by atoms with Crippen LogP contribution in [0.15, 0.2) is 24.8 Å². The summed E-state index contributed by atoms with van der Waals surface area (Å²) in [5, 5.41) is 8.61. The predicted octanol–water partition coefficient (Wildman–Crippen LogP) is 3.61. The minimum absolute atomic E-state index is 0.0346. The van der Waals surface area contributed by atoms with E-state index in [-0.39, 0.29) is 33.6 Å². The van der Waals surface area contributed by atoms with Gasteiger partial charge in [0.2, 0.25) is 0 Å². The highest BCUT2D eigenvalue weighted by Crippen LogP contribution is 2.35. The van der Waals surface area contributed by atoms with Crippen LogP contribution in [-0.2, 0) is 4.79 Å². The topological polar surface area (TPSA) is 63.6 Å². The summed E-state index contributed by atoms with van der Waals surface area (Å²) >= 11 is 11.9. The number of carbonyl (C=O) groups excluding carboxylic acids is 1. The molecule has 6 heteroatoms. The summed E-state index contributed by atoms with van der Waals surface area (Å²) in [6.07, 6.45) is 2.47. The van der Waals surface area contributed by atoms with E-state index in [1.165, 1.54) is 12.1 Å². The third-order valence-electron chi connectivity index (χ3n) is 2.27. The van der Waals surface area contributed by atoms with Crippen molar-refractivity contribution in [2.45, 2.75) is 12.8 Å². The maximum Gasteiger partial charge on any atom is 0.341 e. The number of aliphatic carboxylic acids is 1. The average molecular weight is 303 g/mol. The lowest BCUT2D eigenvalue weighted by molar-refractivity contribution is -0.139. The van der Waals surface area contributed by atoms with Crippen LogP contribution >= 0.6 is 23.2 Å². The number of hydrogen-bond donors (Lipinski definition) is 1. The Kier molecular flexibility index (Phi) is 5.86. The van der Waals surface area contributed by atoms with E-state index in [9.17, 15) is 9.59 Å². The van der Waals surface area contributed by atoms with Crippen LogP contribution in [0.1, 0.15) is 23.2 Å². The number of Topliss-reactive ketones (excluding diaryl/α,β-unsaturated/α-hetero) is 1. The zero-order valence-electron chi connectivity index (χ0n) is 9.99. The van der Waals surface area contributed by atoms with Gasteiger partial charge in [0.05, 0.1) is 5.02 Å². The SMILES string of the molecule is C=CCCC(=O)c1ccc(OCC(=O)O)c(Cl)c1Cl. The second kappa shape index (κ2) is 7.16. The van der Waals surface area contributed by atoms with Gasteiger partial charge >= 0.3 is 5.97 Å². The van der Waals surface area contributed by atoms with E-state index in [0.29, 0.717) is 6.42 Å². The molecule has 0 aliphatic heterocycles. The van der Waals surface area contributed by atoms with Gasteiger partial charge in [0.25, 0.3) is 0 Å². The monoisotopic (exact) mass is 302 g/mol. The van der Waals surface area contributed by atoms with Gasteiger partial charge in [0, 0.05) is 12.0 Å². The van der Waals surface area contributed by atoms with Crippen LogP contribution in [0, 0.1) is 0 Å². The molecule has 0 spiro atoms. The van der Waals surface area contributed by atoms with E-state index >= 15 is 0 Å². The Morgan fingerprint density at radius 2 is 2.00 bits per heavy atom. The molecule has 0 bridgehead atoms. The third-order valence-corrected chi connectivity index (χ3v) is 3.14. The molecule has 4 nitrogen and oxygen atoms in total. The number of halogens is 2. The lowest BCUT2D eigenvalue weighted by atomic mass is 10.1. The summed E-state index contributed by atoms with van der Waals surface area (Å²) in [5.41, 5.74) is 0.288. The fourth-order valence-electron chi connectivity index (χ4n) is 1.37. The van der Waals surface area contributed by atoms with Crippen molar-refractivity contribution in [3.63, 3.8) is 0 Å². The number of ketones is 1. The first-order valence-corrected chi connectivity index (χ1v) is 6.19. The maximum atomic E-state index is 11.8. The van der Waals surface area contributed by atoms with E-state index in [0.717, 1.165) is 0 Å². The van der Waals surface area contributed by atoms with Crippen molar-refractivity contribution >= 4 is 35.0 Å². The molecule has 0 aromatic heterocycles. The van der Waals surface area contributed by atoms with E-state index in [2.05, 4.69) is 6.58 Å². The molecule has 0 saturated heterocycles. The highest BCUT2D eigenvalue weighted by atomic mass is 35.5. The van der Waals surface area contributed by atoms with E-state index in [1.54, 1.807) is 6.08 Å². The molecule has 0 radical (unpaired) electrons. The molecule has 19 heavy (non-hydrogen) atoms. The normalized spacial score (nSPS) is 10.0. The van der Waals surface area contributed by atoms with Gasteiger partial charge in [-0.2, -0.15) is 0 Å². The average Bonchev–Trinajstić information content (AvgIpc) is 2.37. The van der Waals surface area contributed by atoms with E-state index < -0.39 is 12.6 Å². The quantitative estimate of drug-likeness (QED) is 0.617. The summed E-state index contributed by atoms with van der Waals surface area (Å²) in [6, 6.07) is 2.90. The highest BCUT2D eigenvalue weighted by Gasteiger charge is 2.16. The van der Waals surface area contributed by atoms with Gasteiger partial charge in [-0.1, -0.05) is 29.3 Å². The molecular formula is C13H12Cl2O4. The van der Waals surface area contributed by atoms with Crippen molar-refractivity contribution in [2.24, 2.45) is 0 Å². The minimum atomic E-state index is -1.13. The molecule has 0 atom stereocenters. The molecule has 0 aliphatic carbocycles. The predicted molar refractivity (Wildman–Crippen MR) is 73.4 cm³/mol. The molecule has 1 aromatic carbocycles. The second-order valence-electron chi connectivity index (χ2n) is 3.67. The largest absolute Gasteiger partial charge is 0.480 e. The molecule has 0 aliphatic rings. The smallest absolute Gasteiger partial charge is 0.341 e. The van der Waals surface area contributed by atoms with Crippen LogP contribution in [0.3, 0.4) is 0 Å². The molecule has 102 valence electrons. The zero-order valence-corrected chi connectivity index (χ0v) is 11.5. The van der Waals surface area contributed by atoms with Crippen LogP contribution in [-0.4, -0.2) is 23.5 Å². The Morgan fingerprint density at radius 1 is 1.32 bits per heavy atom. The zero-order chi connectivity index (χ0) is 14.4.